The molecule has 6 nitrogen and oxygen atoms in total. The molecule has 0 saturated carbocycles. The Hall–Kier alpha value is -1.27. The van der Waals surface area contributed by atoms with Crippen molar-refractivity contribution in [2.45, 2.75) is 6.54 Å². The molecule has 2 heterocycles. The van der Waals surface area contributed by atoms with Gasteiger partial charge < -0.3 is 4.74 Å². The van der Waals surface area contributed by atoms with Crippen molar-refractivity contribution < 1.29 is 4.74 Å². The smallest absolute Gasteiger partial charge is 0.183 e. The quantitative estimate of drug-likeness (QED) is 0.696. The van der Waals surface area contributed by atoms with Gasteiger partial charge in [0.1, 0.15) is 6.33 Å². The Morgan fingerprint density at radius 3 is 3.14 bits per heavy atom. The first-order valence-corrected chi connectivity index (χ1v) is 4.39. The van der Waals surface area contributed by atoms with E-state index in [1.807, 2.05) is 0 Å². The Kier molecular flexibility index (Phi) is 2.55. The van der Waals surface area contributed by atoms with Crippen molar-refractivity contribution in [2.24, 2.45) is 0 Å². The second kappa shape index (κ2) is 3.85. The van der Waals surface area contributed by atoms with E-state index in [9.17, 15) is 0 Å². The van der Waals surface area contributed by atoms with E-state index in [1.165, 1.54) is 6.33 Å². The molecule has 0 fully saturated rings. The second-order valence-electron chi connectivity index (χ2n) is 2.64. The van der Waals surface area contributed by atoms with E-state index in [1.54, 1.807) is 11.8 Å². The summed E-state index contributed by atoms with van der Waals surface area (Å²) in [5.74, 6) is 0. The first kappa shape index (κ1) is 9.29. The summed E-state index contributed by atoms with van der Waals surface area (Å²) < 4.78 is 6.56. The minimum atomic E-state index is 0.318. The first-order valence-electron chi connectivity index (χ1n) is 4.01. The van der Waals surface area contributed by atoms with Crippen molar-refractivity contribution >= 4 is 22.8 Å². The van der Waals surface area contributed by atoms with Gasteiger partial charge in [0.2, 0.25) is 0 Å². The lowest BCUT2D eigenvalue weighted by Gasteiger charge is -1.98. The molecule has 0 aliphatic heterocycles. The van der Waals surface area contributed by atoms with Crippen molar-refractivity contribution in [1.29, 1.82) is 0 Å². The lowest BCUT2D eigenvalue weighted by molar-refractivity contribution is 0.184. The van der Waals surface area contributed by atoms with Crippen LogP contribution < -0.4 is 0 Å². The molecule has 0 aliphatic carbocycles. The number of nitrogens with zero attached hydrogens (tertiary/aromatic N) is 5. The number of rotatable bonds is 3. The molecule has 0 atom stereocenters. The average molecular weight is 214 g/mol. The molecular formula is C7H8ClN5O. The monoisotopic (exact) mass is 213 g/mol. The molecule has 0 saturated heterocycles. The fourth-order valence-corrected chi connectivity index (χ4v) is 1.26. The molecule has 2 rings (SSSR count). The van der Waals surface area contributed by atoms with Gasteiger partial charge in [-0.15, -0.1) is 5.10 Å². The molecule has 0 aromatic carbocycles. The third-order valence-electron chi connectivity index (χ3n) is 1.76. The summed E-state index contributed by atoms with van der Waals surface area (Å²) in [6.45, 7) is 1.15. The molecule has 74 valence electrons. The molecular weight excluding hydrogens is 206 g/mol. The van der Waals surface area contributed by atoms with Crippen LogP contribution in [0.5, 0.6) is 0 Å². The third kappa shape index (κ3) is 1.53. The van der Waals surface area contributed by atoms with Gasteiger partial charge in [-0.3, -0.25) is 0 Å². The Bertz CT molecular complexity index is 443. The van der Waals surface area contributed by atoms with Crippen LogP contribution in [0.25, 0.3) is 11.2 Å². The average Bonchev–Trinajstić information content (AvgIpc) is 2.60. The fourth-order valence-electron chi connectivity index (χ4n) is 1.09. The molecule has 2 aromatic rings. The molecule has 0 bridgehead atoms. The molecule has 0 radical (unpaired) electrons. The van der Waals surface area contributed by atoms with E-state index in [0.29, 0.717) is 29.5 Å². The van der Waals surface area contributed by atoms with E-state index in [2.05, 4.69) is 20.3 Å². The molecule has 0 unspecified atom stereocenters. The van der Waals surface area contributed by atoms with Crippen LogP contribution in [0.2, 0.25) is 5.15 Å². The highest BCUT2D eigenvalue weighted by Crippen LogP contribution is 2.14. The van der Waals surface area contributed by atoms with E-state index in [4.69, 9.17) is 16.3 Å². The minimum absolute atomic E-state index is 0.318. The maximum atomic E-state index is 5.81. The van der Waals surface area contributed by atoms with Crippen LogP contribution in [0.4, 0.5) is 0 Å². The van der Waals surface area contributed by atoms with E-state index in [-0.39, 0.29) is 0 Å². The van der Waals surface area contributed by atoms with Gasteiger partial charge in [0.05, 0.1) is 13.2 Å². The van der Waals surface area contributed by atoms with Gasteiger partial charge in [0.25, 0.3) is 0 Å². The summed E-state index contributed by atoms with van der Waals surface area (Å²) in [4.78, 5) is 7.85. The number of methoxy groups -OCH3 is 1. The maximum absolute atomic E-state index is 5.81. The Morgan fingerprint density at radius 1 is 1.50 bits per heavy atom. The predicted molar refractivity (Wildman–Crippen MR) is 50.0 cm³/mol. The van der Waals surface area contributed by atoms with Gasteiger partial charge in [-0.25, -0.2) is 14.6 Å². The lowest BCUT2D eigenvalue weighted by Crippen LogP contribution is -2.06. The molecule has 0 aliphatic rings. The number of hydrogen-bond acceptors (Lipinski definition) is 5. The lowest BCUT2D eigenvalue weighted by atomic mass is 10.5. The van der Waals surface area contributed by atoms with E-state index in [0.717, 1.165) is 0 Å². The standard InChI is InChI=1S/C7H8ClN5O/c1-14-3-2-13-7-5(11-12-13)6(8)9-4-10-7/h4H,2-3H2,1H3. The topological polar surface area (TPSA) is 65.7 Å². The summed E-state index contributed by atoms with van der Waals surface area (Å²) in [5, 5.41) is 8.08. The van der Waals surface area contributed by atoms with Crippen LogP contribution in [-0.4, -0.2) is 38.7 Å². The zero-order valence-corrected chi connectivity index (χ0v) is 8.27. The Balaban J connectivity index is 2.42. The summed E-state index contributed by atoms with van der Waals surface area (Å²) in [6, 6.07) is 0. The third-order valence-corrected chi connectivity index (χ3v) is 2.04. The normalized spacial score (nSPS) is 11.0. The summed E-state index contributed by atoms with van der Waals surface area (Å²) >= 11 is 5.81. The zero-order chi connectivity index (χ0) is 9.97. The Labute approximate surface area is 84.9 Å². The van der Waals surface area contributed by atoms with Crippen LogP contribution in [-0.2, 0) is 11.3 Å². The zero-order valence-electron chi connectivity index (χ0n) is 7.51. The summed E-state index contributed by atoms with van der Waals surface area (Å²) in [6.07, 6.45) is 1.39. The van der Waals surface area contributed by atoms with Crippen molar-refractivity contribution in [3.8, 4) is 0 Å². The van der Waals surface area contributed by atoms with Crippen molar-refractivity contribution in [1.82, 2.24) is 25.0 Å². The molecule has 14 heavy (non-hydrogen) atoms. The van der Waals surface area contributed by atoms with E-state index >= 15 is 0 Å². The number of halogens is 1. The highest BCUT2D eigenvalue weighted by atomic mass is 35.5. The molecule has 7 heteroatoms. The molecule has 0 amide bonds. The summed E-state index contributed by atoms with van der Waals surface area (Å²) in [5.41, 5.74) is 1.15. The molecule has 0 N–H and O–H groups in total. The van der Waals surface area contributed by atoms with Crippen molar-refractivity contribution in [2.75, 3.05) is 13.7 Å². The predicted octanol–water partition coefficient (Wildman–Crippen LogP) is 0.521. The highest BCUT2D eigenvalue weighted by molar-refractivity contribution is 6.33. The van der Waals surface area contributed by atoms with Crippen LogP contribution in [0.1, 0.15) is 0 Å². The fraction of sp³-hybridized carbons (Fsp3) is 0.429. The van der Waals surface area contributed by atoms with Gasteiger partial charge in [-0.1, -0.05) is 16.8 Å². The van der Waals surface area contributed by atoms with Gasteiger partial charge in [0, 0.05) is 7.11 Å². The highest BCUT2D eigenvalue weighted by Gasteiger charge is 2.08. The SMILES string of the molecule is COCCn1nnc2c(Cl)ncnc21. The number of fused-ring (bicyclic) bond motifs is 1. The maximum Gasteiger partial charge on any atom is 0.183 e. The number of ether oxygens (including phenoxy) is 1. The van der Waals surface area contributed by atoms with Gasteiger partial charge in [-0.05, 0) is 0 Å². The molecule has 2 aromatic heterocycles. The minimum Gasteiger partial charge on any atom is -0.383 e. The van der Waals surface area contributed by atoms with Crippen molar-refractivity contribution in [3.05, 3.63) is 11.5 Å². The summed E-state index contributed by atoms with van der Waals surface area (Å²) in [7, 11) is 1.63. The second-order valence-corrected chi connectivity index (χ2v) is 3.00. The van der Waals surface area contributed by atoms with Crippen LogP contribution >= 0.6 is 11.6 Å². The van der Waals surface area contributed by atoms with Gasteiger partial charge in [0.15, 0.2) is 16.3 Å². The van der Waals surface area contributed by atoms with Crippen LogP contribution in [0.15, 0.2) is 6.33 Å². The molecule has 0 spiro atoms. The van der Waals surface area contributed by atoms with E-state index < -0.39 is 0 Å². The Morgan fingerprint density at radius 2 is 2.36 bits per heavy atom. The van der Waals surface area contributed by atoms with Crippen LogP contribution in [0.3, 0.4) is 0 Å². The van der Waals surface area contributed by atoms with Gasteiger partial charge in [-0.2, -0.15) is 0 Å². The van der Waals surface area contributed by atoms with Gasteiger partial charge >= 0.3 is 0 Å². The van der Waals surface area contributed by atoms with Crippen molar-refractivity contribution in [3.63, 3.8) is 0 Å². The number of aromatic nitrogens is 5. The first-order chi connectivity index (χ1) is 6.83. The number of hydrogen-bond donors (Lipinski definition) is 0. The largest absolute Gasteiger partial charge is 0.383 e. The van der Waals surface area contributed by atoms with Crippen LogP contribution in [0, 0.1) is 0 Å².